The average Bonchev–Trinajstić information content (AvgIpc) is 3.07. The molecule has 1 aliphatic rings. The summed E-state index contributed by atoms with van der Waals surface area (Å²) >= 11 is 0. The van der Waals surface area contributed by atoms with Gasteiger partial charge in [-0.2, -0.15) is 0 Å². The van der Waals surface area contributed by atoms with Crippen LogP contribution in [0.15, 0.2) is 54.2 Å². The maximum absolute atomic E-state index is 12.1. The molecule has 2 aromatic carbocycles. The van der Waals surface area contributed by atoms with Gasteiger partial charge in [-0.1, -0.05) is 12.1 Å². The molecule has 0 spiro atoms. The maximum atomic E-state index is 12.1. The van der Waals surface area contributed by atoms with E-state index in [0.717, 1.165) is 0 Å². The summed E-state index contributed by atoms with van der Waals surface area (Å²) in [6, 6.07) is 11.8. The summed E-state index contributed by atoms with van der Waals surface area (Å²) in [6.07, 6.45) is 1.32. The van der Waals surface area contributed by atoms with Gasteiger partial charge in [-0.15, -0.1) is 0 Å². The Balaban J connectivity index is 1.55. The number of carbonyl (C=O) groups is 2. The molecule has 2 amide bonds. The summed E-state index contributed by atoms with van der Waals surface area (Å²) in [5.41, 5.74) is 12.6. The molecule has 0 radical (unpaired) electrons. The number of carbonyl (C=O) groups excluding carboxylic acids is 2. The SMILES string of the molecule is C/C(=C/C(=O)Nc1ccc2c(c1)OCO2)NNC(=O)c1ccccc1N. The predicted octanol–water partition coefficient (Wildman–Crippen LogP) is 1.77. The fourth-order valence-corrected chi connectivity index (χ4v) is 2.31. The largest absolute Gasteiger partial charge is 0.454 e. The van der Waals surface area contributed by atoms with Crippen LogP contribution in [0.4, 0.5) is 11.4 Å². The predicted molar refractivity (Wildman–Crippen MR) is 96.4 cm³/mol. The van der Waals surface area contributed by atoms with E-state index in [0.29, 0.717) is 34.1 Å². The van der Waals surface area contributed by atoms with Crippen LogP contribution in [0.25, 0.3) is 0 Å². The Bertz CT molecular complexity index is 879. The topological polar surface area (TPSA) is 115 Å². The highest BCUT2D eigenvalue weighted by Crippen LogP contribution is 2.34. The monoisotopic (exact) mass is 354 g/mol. The molecule has 3 rings (SSSR count). The van der Waals surface area contributed by atoms with E-state index in [2.05, 4.69) is 16.2 Å². The summed E-state index contributed by atoms with van der Waals surface area (Å²) in [6.45, 7) is 1.81. The van der Waals surface area contributed by atoms with Gasteiger partial charge in [0, 0.05) is 29.2 Å². The number of hydrogen-bond donors (Lipinski definition) is 4. The van der Waals surface area contributed by atoms with E-state index >= 15 is 0 Å². The molecule has 8 heteroatoms. The van der Waals surface area contributed by atoms with Crippen molar-refractivity contribution in [1.29, 1.82) is 0 Å². The fourth-order valence-electron chi connectivity index (χ4n) is 2.31. The molecule has 5 N–H and O–H groups in total. The van der Waals surface area contributed by atoms with Crippen LogP contribution in [-0.2, 0) is 4.79 Å². The number of para-hydroxylation sites is 1. The van der Waals surface area contributed by atoms with Gasteiger partial charge in [0.1, 0.15) is 0 Å². The third-order valence-electron chi connectivity index (χ3n) is 3.57. The molecule has 0 atom stereocenters. The van der Waals surface area contributed by atoms with Crippen LogP contribution in [0.5, 0.6) is 11.5 Å². The van der Waals surface area contributed by atoms with E-state index in [1.807, 2.05) is 0 Å². The van der Waals surface area contributed by atoms with Crippen LogP contribution in [-0.4, -0.2) is 18.6 Å². The molecular formula is C18H18N4O4. The summed E-state index contributed by atoms with van der Waals surface area (Å²) in [5, 5.41) is 2.71. The standard InChI is InChI=1S/C18H18N4O4/c1-11(21-22-18(24)13-4-2-3-5-14(13)19)8-17(23)20-12-6-7-15-16(9-12)26-10-25-15/h2-9,21H,10,19H2,1H3,(H,20,23)(H,22,24)/b11-8-. The number of rotatable bonds is 5. The van der Waals surface area contributed by atoms with Gasteiger partial charge in [-0.05, 0) is 31.2 Å². The van der Waals surface area contributed by atoms with Crippen LogP contribution in [0, 0.1) is 0 Å². The second-order valence-corrected chi connectivity index (χ2v) is 5.55. The number of amides is 2. The lowest BCUT2D eigenvalue weighted by Crippen LogP contribution is -2.36. The van der Waals surface area contributed by atoms with E-state index in [9.17, 15) is 9.59 Å². The molecular weight excluding hydrogens is 336 g/mol. The van der Waals surface area contributed by atoms with Gasteiger partial charge in [0.2, 0.25) is 12.7 Å². The van der Waals surface area contributed by atoms with Crippen molar-refractivity contribution >= 4 is 23.2 Å². The minimum absolute atomic E-state index is 0.168. The Hall–Kier alpha value is -3.68. The Morgan fingerprint density at radius 1 is 1.08 bits per heavy atom. The second kappa shape index (κ2) is 7.47. The zero-order valence-corrected chi connectivity index (χ0v) is 14.0. The minimum atomic E-state index is -0.396. The van der Waals surface area contributed by atoms with Crippen molar-refractivity contribution in [2.75, 3.05) is 17.8 Å². The third-order valence-corrected chi connectivity index (χ3v) is 3.57. The van der Waals surface area contributed by atoms with Crippen molar-refractivity contribution < 1.29 is 19.1 Å². The number of benzene rings is 2. The lowest BCUT2D eigenvalue weighted by atomic mass is 10.2. The van der Waals surface area contributed by atoms with Crippen LogP contribution in [0.1, 0.15) is 17.3 Å². The van der Waals surface area contributed by atoms with Gasteiger partial charge in [0.05, 0.1) is 5.56 Å². The number of ether oxygens (including phenoxy) is 2. The Labute approximate surface area is 149 Å². The molecule has 26 heavy (non-hydrogen) atoms. The number of hydrazine groups is 1. The summed E-state index contributed by atoms with van der Waals surface area (Å²) in [5.74, 6) is 0.461. The quantitative estimate of drug-likeness (QED) is 0.370. The number of nitrogen functional groups attached to an aromatic ring is 1. The zero-order valence-electron chi connectivity index (χ0n) is 14.0. The van der Waals surface area contributed by atoms with Crippen LogP contribution >= 0.6 is 0 Å². The maximum Gasteiger partial charge on any atom is 0.271 e. The summed E-state index contributed by atoms with van der Waals surface area (Å²) < 4.78 is 10.5. The Kier molecular flexibility index (Phi) is 4.93. The summed E-state index contributed by atoms with van der Waals surface area (Å²) in [7, 11) is 0. The van der Waals surface area contributed by atoms with Crippen molar-refractivity contribution in [1.82, 2.24) is 10.9 Å². The van der Waals surface area contributed by atoms with Crippen LogP contribution < -0.4 is 31.4 Å². The van der Waals surface area contributed by atoms with Crippen molar-refractivity contribution in [3.05, 3.63) is 59.8 Å². The van der Waals surface area contributed by atoms with Crippen molar-refractivity contribution in [2.45, 2.75) is 6.92 Å². The highest BCUT2D eigenvalue weighted by atomic mass is 16.7. The third kappa shape index (κ3) is 4.04. The first-order valence-electron chi connectivity index (χ1n) is 7.83. The van der Waals surface area contributed by atoms with Gasteiger partial charge in [0.25, 0.3) is 5.91 Å². The lowest BCUT2D eigenvalue weighted by Gasteiger charge is -2.10. The first-order chi connectivity index (χ1) is 12.5. The molecule has 0 saturated carbocycles. The Morgan fingerprint density at radius 2 is 1.85 bits per heavy atom. The number of anilines is 2. The van der Waals surface area contributed by atoms with E-state index in [4.69, 9.17) is 15.2 Å². The molecule has 0 unspecified atom stereocenters. The molecule has 0 aliphatic carbocycles. The first-order valence-corrected chi connectivity index (χ1v) is 7.83. The van der Waals surface area contributed by atoms with Gasteiger partial charge in [-0.25, -0.2) is 0 Å². The van der Waals surface area contributed by atoms with Crippen molar-refractivity contribution in [2.24, 2.45) is 0 Å². The molecule has 0 saturated heterocycles. The van der Waals surface area contributed by atoms with E-state index in [1.54, 1.807) is 49.4 Å². The van der Waals surface area contributed by atoms with Crippen LogP contribution in [0.2, 0.25) is 0 Å². The highest BCUT2D eigenvalue weighted by Gasteiger charge is 2.14. The molecule has 1 aliphatic heterocycles. The van der Waals surface area contributed by atoms with E-state index in [1.165, 1.54) is 6.08 Å². The second-order valence-electron chi connectivity index (χ2n) is 5.55. The van der Waals surface area contributed by atoms with E-state index < -0.39 is 5.91 Å². The highest BCUT2D eigenvalue weighted by molar-refractivity contribution is 6.00. The number of allylic oxidation sites excluding steroid dienone is 1. The van der Waals surface area contributed by atoms with Crippen molar-refractivity contribution in [3.63, 3.8) is 0 Å². The number of hydrogen-bond acceptors (Lipinski definition) is 6. The van der Waals surface area contributed by atoms with Gasteiger partial charge in [-0.3, -0.25) is 15.0 Å². The molecule has 8 nitrogen and oxygen atoms in total. The van der Waals surface area contributed by atoms with E-state index in [-0.39, 0.29) is 12.7 Å². The van der Waals surface area contributed by atoms with Crippen molar-refractivity contribution in [3.8, 4) is 11.5 Å². The smallest absolute Gasteiger partial charge is 0.271 e. The molecule has 134 valence electrons. The first kappa shape index (κ1) is 17.2. The lowest BCUT2D eigenvalue weighted by molar-refractivity contribution is -0.112. The Morgan fingerprint density at radius 3 is 2.65 bits per heavy atom. The zero-order chi connectivity index (χ0) is 18.5. The summed E-state index contributed by atoms with van der Waals surface area (Å²) in [4.78, 5) is 24.1. The molecule has 1 heterocycles. The number of nitrogens with one attached hydrogen (secondary N) is 3. The number of nitrogens with two attached hydrogens (primary N) is 1. The molecule has 0 fully saturated rings. The van der Waals surface area contributed by atoms with Crippen LogP contribution in [0.3, 0.4) is 0 Å². The van der Waals surface area contributed by atoms with Gasteiger partial charge >= 0.3 is 0 Å². The molecule has 0 aromatic heterocycles. The number of fused-ring (bicyclic) bond motifs is 1. The fraction of sp³-hybridized carbons (Fsp3) is 0.111. The van der Waals surface area contributed by atoms with Gasteiger partial charge in [0.15, 0.2) is 11.5 Å². The van der Waals surface area contributed by atoms with Gasteiger partial charge < -0.3 is 25.9 Å². The minimum Gasteiger partial charge on any atom is -0.454 e. The average molecular weight is 354 g/mol. The normalized spacial score (nSPS) is 12.4. The molecule has 2 aromatic rings. The molecule has 0 bridgehead atoms.